The van der Waals surface area contributed by atoms with Crippen molar-refractivity contribution in [1.82, 2.24) is 5.32 Å². The number of halogens is 1. The second-order valence-corrected chi connectivity index (χ2v) is 6.70. The molecule has 1 N–H and O–H groups in total. The third-order valence-corrected chi connectivity index (χ3v) is 4.05. The Labute approximate surface area is 137 Å². The van der Waals surface area contributed by atoms with Gasteiger partial charge in [-0.3, -0.25) is 4.79 Å². The maximum atomic E-state index is 12.1. The Bertz CT molecular complexity index is 487. The SMILES string of the molecule is CC1(C)C[C@H](C(=O)NCCOCc2ccc(Cl)cc2)CCO1. The minimum atomic E-state index is -0.203. The maximum absolute atomic E-state index is 12.1. The molecule has 2 rings (SSSR count). The lowest BCUT2D eigenvalue weighted by Gasteiger charge is -2.34. The van der Waals surface area contributed by atoms with Crippen molar-refractivity contribution in [3.05, 3.63) is 34.9 Å². The molecule has 1 aliphatic rings. The quantitative estimate of drug-likeness (QED) is 0.817. The number of amides is 1. The summed E-state index contributed by atoms with van der Waals surface area (Å²) in [5.74, 6) is 0.145. The Hall–Kier alpha value is -1.10. The number of carbonyl (C=O) groups is 1. The first-order valence-electron chi connectivity index (χ1n) is 7.70. The molecule has 1 aromatic rings. The van der Waals surface area contributed by atoms with Crippen LogP contribution in [0.5, 0.6) is 0 Å². The lowest BCUT2D eigenvalue weighted by atomic mass is 9.88. The summed E-state index contributed by atoms with van der Waals surface area (Å²) >= 11 is 5.83. The monoisotopic (exact) mass is 325 g/mol. The fraction of sp³-hybridized carbons (Fsp3) is 0.588. The highest BCUT2D eigenvalue weighted by molar-refractivity contribution is 6.30. The maximum Gasteiger partial charge on any atom is 0.223 e. The zero-order valence-electron chi connectivity index (χ0n) is 13.2. The van der Waals surface area contributed by atoms with E-state index in [4.69, 9.17) is 21.1 Å². The predicted molar refractivity (Wildman–Crippen MR) is 86.9 cm³/mol. The molecule has 0 unspecified atom stereocenters. The van der Waals surface area contributed by atoms with Crippen LogP contribution >= 0.6 is 11.6 Å². The lowest BCUT2D eigenvalue weighted by Crippen LogP contribution is -2.42. The van der Waals surface area contributed by atoms with E-state index in [1.165, 1.54) is 0 Å². The van der Waals surface area contributed by atoms with E-state index in [-0.39, 0.29) is 17.4 Å². The molecule has 0 saturated carbocycles. The third kappa shape index (κ3) is 5.59. The second-order valence-electron chi connectivity index (χ2n) is 6.27. The molecule has 0 spiro atoms. The number of benzene rings is 1. The van der Waals surface area contributed by atoms with Crippen LogP contribution < -0.4 is 5.32 Å². The van der Waals surface area contributed by atoms with Crippen LogP contribution in [0, 0.1) is 5.92 Å². The van der Waals surface area contributed by atoms with Crippen molar-refractivity contribution in [2.75, 3.05) is 19.8 Å². The number of rotatable bonds is 6. The minimum absolute atomic E-state index is 0.0417. The lowest BCUT2D eigenvalue weighted by molar-refractivity contribution is -0.135. The standard InChI is InChI=1S/C17H24ClNO3/c1-17(2)11-14(7-9-22-17)16(20)19-8-10-21-12-13-3-5-15(18)6-4-13/h3-6,14H,7-12H2,1-2H3,(H,19,20)/t14-/m1/s1. The second kappa shape index (κ2) is 7.95. The van der Waals surface area contributed by atoms with Crippen molar-refractivity contribution >= 4 is 17.5 Å². The van der Waals surface area contributed by atoms with Gasteiger partial charge < -0.3 is 14.8 Å². The summed E-state index contributed by atoms with van der Waals surface area (Å²) in [4.78, 5) is 12.1. The Morgan fingerprint density at radius 3 is 2.82 bits per heavy atom. The molecule has 1 aromatic carbocycles. The molecule has 1 fully saturated rings. The van der Waals surface area contributed by atoms with Crippen molar-refractivity contribution in [2.45, 2.75) is 38.9 Å². The molecule has 122 valence electrons. The van der Waals surface area contributed by atoms with Gasteiger partial charge in [-0.1, -0.05) is 23.7 Å². The van der Waals surface area contributed by atoms with Crippen molar-refractivity contribution in [1.29, 1.82) is 0 Å². The van der Waals surface area contributed by atoms with E-state index in [1.807, 2.05) is 38.1 Å². The van der Waals surface area contributed by atoms with E-state index < -0.39 is 0 Å². The van der Waals surface area contributed by atoms with E-state index in [1.54, 1.807) is 0 Å². The molecule has 1 heterocycles. The molecule has 5 heteroatoms. The Morgan fingerprint density at radius 1 is 1.41 bits per heavy atom. The van der Waals surface area contributed by atoms with Gasteiger partial charge in [0.25, 0.3) is 0 Å². The first-order valence-corrected chi connectivity index (χ1v) is 8.08. The summed E-state index contributed by atoms with van der Waals surface area (Å²) in [6.45, 7) is 6.27. The number of hydrogen-bond acceptors (Lipinski definition) is 3. The highest BCUT2D eigenvalue weighted by Crippen LogP contribution is 2.28. The van der Waals surface area contributed by atoms with Crippen molar-refractivity contribution in [3.8, 4) is 0 Å². The van der Waals surface area contributed by atoms with E-state index in [9.17, 15) is 4.79 Å². The van der Waals surface area contributed by atoms with Gasteiger partial charge in [0.1, 0.15) is 0 Å². The van der Waals surface area contributed by atoms with E-state index in [0.717, 1.165) is 23.4 Å². The van der Waals surface area contributed by atoms with Crippen LogP contribution in [0.2, 0.25) is 5.02 Å². The van der Waals surface area contributed by atoms with Gasteiger partial charge in [-0.25, -0.2) is 0 Å². The zero-order chi connectivity index (χ0) is 16.0. The molecule has 0 radical (unpaired) electrons. The first kappa shape index (κ1) is 17.3. The number of carbonyl (C=O) groups excluding carboxylic acids is 1. The summed E-state index contributed by atoms with van der Waals surface area (Å²) in [7, 11) is 0. The molecule has 0 aromatic heterocycles. The number of hydrogen-bond donors (Lipinski definition) is 1. The van der Waals surface area contributed by atoms with E-state index in [2.05, 4.69) is 5.32 Å². The van der Waals surface area contributed by atoms with Gasteiger partial charge in [0, 0.05) is 24.1 Å². The van der Waals surface area contributed by atoms with Crippen LogP contribution in [0.4, 0.5) is 0 Å². The summed E-state index contributed by atoms with van der Waals surface area (Å²) in [5.41, 5.74) is 0.868. The Balaban J connectivity index is 1.62. The van der Waals surface area contributed by atoms with Gasteiger partial charge in [0.15, 0.2) is 0 Å². The van der Waals surface area contributed by atoms with Gasteiger partial charge in [0.05, 0.1) is 18.8 Å². The van der Waals surface area contributed by atoms with E-state index >= 15 is 0 Å². The fourth-order valence-corrected chi connectivity index (χ4v) is 2.74. The van der Waals surface area contributed by atoms with Gasteiger partial charge in [-0.2, -0.15) is 0 Å². The van der Waals surface area contributed by atoms with Crippen LogP contribution in [0.1, 0.15) is 32.3 Å². The average Bonchev–Trinajstić information content (AvgIpc) is 2.47. The van der Waals surface area contributed by atoms with Crippen molar-refractivity contribution < 1.29 is 14.3 Å². The van der Waals surface area contributed by atoms with Gasteiger partial charge >= 0.3 is 0 Å². The summed E-state index contributed by atoms with van der Waals surface area (Å²) < 4.78 is 11.2. The Kier molecular flexibility index (Phi) is 6.24. The third-order valence-electron chi connectivity index (χ3n) is 3.80. The highest BCUT2D eigenvalue weighted by Gasteiger charge is 2.32. The van der Waals surface area contributed by atoms with Crippen LogP contribution in [0.15, 0.2) is 24.3 Å². The zero-order valence-corrected chi connectivity index (χ0v) is 14.0. The van der Waals surface area contributed by atoms with Crippen LogP contribution in [0.25, 0.3) is 0 Å². The molecule has 22 heavy (non-hydrogen) atoms. The van der Waals surface area contributed by atoms with Crippen LogP contribution in [-0.4, -0.2) is 31.3 Å². The average molecular weight is 326 g/mol. The number of nitrogens with one attached hydrogen (secondary N) is 1. The minimum Gasteiger partial charge on any atom is -0.376 e. The normalized spacial score (nSPS) is 20.6. The van der Waals surface area contributed by atoms with E-state index in [0.29, 0.717) is 26.4 Å². The molecule has 1 saturated heterocycles. The smallest absolute Gasteiger partial charge is 0.223 e. The molecule has 4 nitrogen and oxygen atoms in total. The number of ether oxygens (including phenoxy) is 2. The fourth-order valence-electron chi connectivity index (χ4n) is 2.62. The summed E-state index contributed by atoms with van der Waals surface area (Å²) in [6, 6.07) is 7.56. The van der Waals surface area contributed by atoms with Gasteiger partial charge in [-0.05, 0) is 44.4 Å². The first-order chi connectivity index (χ1) is 10.5. The summed E-state index contributed by atoms with van der Waals surface area (Å²) in [5, 5.41) is 3.66. The van der Waals surface area contributed by atoms with Gasteiger partial charge in [-0.15, -0.1) is 0 Å². The molecule has 0 aliphatic carbocycles. The van der Waals surface area contributed by atoms with Gasteiger partial charge in [0.2, 0.25) is 5.91 Å². The molecule has 0 bridgehead atoms. The van der Waals surface area contributed by atoms with Crippen LogP contribution in [-0.2, 0) is 20.9 Å². The highest BCUT2D eigenvalue weighted by atomic mass is 35.5. The van der Waals surface area contributed by atoms with Crippen molar-refractivity contribution in [2.24, 2.45) is 5.92 Å². The van der Waals surface area contributed by atoms with Crippen molar-refractivity contribution in [3.63, 3.8) is 0 Å². The molecular weight excluding hydrogens is 302 g/mol. The molecular formula is C17H24ClNO3. The predicted octanol–water partition coefficient (Wildman–Crippen LogP) is 3.18. The molecule has 1 aliphatic heterocycles. The topological polar surface area (TPSA) is 47.6 Å². The summed E-state index contributed by atoms with van der Waals surface area (Å²) in [6.07, 6.45) is 1.56. The Morgan fingerprint density at radius 2 is 2.14 bits per heavy atom. The van der Waals surface area contributed by atoms with Crippen LogP contribution in [0.3, 0.4) is 0 Å². The largest absolute Gasteiger partial charge is 0.376 e. The molecule has 1 atom stereocenters. The molecule has 1 amide bonds.